The first-order chi connectivity index (χ1) is 18.2. The monoisotopic (exact) mass is 520 g/mol. The summed E-state index contributed by atoms with van der Waals surface area (Å²) in [5.74, 6) is -2.61. The van der Waals surface area contributed by atoms with Gasteiger partial charge in [0.05, 0.1) is 12.1 Å². The number of nitrogens with zero attached hydrogens (tertiary/aromatic N) is 3. The molecule has 0 aliphatic carbocycles. The fraction of sp³-hybridized carbons (Fsp3) is 0.385. The molecule has 2 aromatic rings. The molecule has 11 nitrogen and oxygen atoms in total. The number of hydrogen-bond donors (Lipinski definition) is 5. The topological polar surface area (TPSA) is 177 Å². The summed E-state index contributed by atoms with van der Waals surface area (Å²) in [6.45, 7) is 4.00. The molecule has 0 fully saturated rings. The molecule has 2 rings (SSSR count). The number of carbonyl (C=O) groups is 3. The number of unbranched alkanes of at least 4 members (excludes halogenated alkanes) is 1. The van der Waals surface area contributed by atoms with Crippen LogP contribution in [-0.2, 0) is 16.0 Å². The molecule has 0 bridgehead atoms. The van der Waals surface area contributed by atoms with Gasteiger partial charge in [-0.3, -0.25) is 19.4 Å². The van der Waals surface area contributed by atoms with Crippen molar-refractivity contribution in [3.63, 3.8) is 0 Å². The summed E-state index contributed by atoms with van der Waals surface area (Å²) in [7, 11) is -1.82. The van der Waals surface area contributed by atoms with E-state index in [2.05, 4.69) is 25.9 Å². The van der Waals surface area contributed by atoms with Gasteiger partial charge in [-0.15, -0.1) is 0 Å². The van der Waals surface area contributed by atoms with Crippen LogP contribution in [0.2, 0.25) is 0 Å². The zero-order valence-corrected chi connectivity index (χ0v) is 21.5. The normalized spacial score (nSPS) is 12.7. The lowest BCUT2D eigenvalue weighted by Gasteiger charge is -2.23. The third kappa shape index (κ3) is 10.5. The van der Waals surface area contributed by atoms with E-state index < -0.39 is 36.8 Å². The highest BCUT2D eigenvalue weighted by atomic mass is 16.4. The summed E-state index contributed by atoms with van der Waals surface area (Å²) in [6.07, 6.45) is 6.93. The molecule has 3 amide bonds. The Bertz CT molecular complexity index is 1120. The highest BCUT2D eigenvalue weighted by molar-refractivity contribution is 6.43. The molecular weight excluding hydrogens is 487 g/mol. The fourth-order valence-electron chi connectivity index (χ4n) is 3.57. The second kappa shape index (κ2) is 15.9. The van der Waals surface area contributed by atoms with Gasteiger partial charge in [-0.05, 0) is 37.2 Å². The molecular formula is C26H33BN6O5. The summed E-state index contributed by atoms with van der Waals surface area (Å²) >= 11 is 0. The van der Waals surface area contributed by atoms with Gasteiger partial charge in [0.1, 0.15) is 23.4 Å². The maximum Gasteiger partial charge on any atom is 0.475 e. The van der Waals surface area contributed by atoms with E-state index in [0.717, 1.165) is 5.56 Å². The number of nitrogens with one attached hydrogen (secondary N) is 3. The van der Waals surface area contributed by atoms with Crippen molar-refractivity contribution < 1.29 is 24.4 Å². The molecule has 2 atom stereocenters. The molecule has 0 radical (unpaired) electrons. The number of rotatable bonds is 14. The standard InChI is InChI=1S/C26H33BN6O5/c1-18(2)14-20(16-28)24(34)31-11-7-6-10-21(32-26(36)22-17-29-12-13-30-22)25(35)33-23(27(37)38)15-19-8-4-3-5-9-19/h3-5,8-9,12-14,17-18,21,23,37-38H,6-7,10-11,15H2,1-2H3,(H,31,34)(H,32,36)(H,33,35)/b20-14+/t21-,23-/m0/s1. The highest BCUT2D eigenvalue weighted by Crippen LogP contribution is 2.08. The lowest BCUT2D eigenvalue weighted by atomic mass is 9.75. The first kappa shape index (κ1) is 30.2. The molecule has 0 saturated heterocycles. The van der Waals surface area contributed by atoms with Crippen LogP contribution in [0.4, 0.5) is 0 Å². The maximum absolute atomic E-state index is 13.1. The van der Waals surface area contributed by atoms with E-state index >= 15 is 0 Å². The van der Waals surface area contributed by atoms with E-state index in [0.29, 0.717) is 12.8 Å². The van der Waals surface area contributed by atoms with Gasteiger partial charge in [-0.1, -0.05) is 50.3 Å². The zero-order valence-electron chi connectivity index (χ0n) is 21.5. The van der Waals surface area contributed by atoms with Crippen molar-refractivity contribution in [2.24, 2.45) is 5.92 Å². The van der Waals surface area contributed by atoms with Crippen molar-refractivity contribution in [1.29, 1.82) is 5.26 Å². The Morgan fingerprint density at radius 1 is 1.11 bits per heavy atom. The quantitative estimate of drug-likeness (QED) is 0.105. The van der Waals surface area contributed by atoms with Crippen molar-refractivity contribution in [3.05, 3.63) is 71.8 Å². The lowest BCUT2D eigenvalue weighted by molar-refractivity contribution is -0.123. The second-order valence-corrected chi connectivity index (χ2v) is 9.02. The summed E-state index contributed by atoms with van der Waals surface area (Å²) in [4.78, 5) is 45.8. The predicted octanol–water partition coefficient (Wildman–Crippen LogP) is 0.707. The number of carbonyl (C=O) groups excluding carboxylic acids is 3. The molecule has 0 unspecified atom stereocenters. The first-order valence-electron chi connectivity index (χ1n) is 12.4. The minimum absolute atomic E-state index is 0.0292. The molecule has 0 saturated carbocycles. The minimum atomic E-state index is -1.82. The number of hydrogen-bond acceptors (Lipinski definition) is 8. The Balaban J connectivity index is 2.02. The van der Waals surface area contributed by atoms with E-state index in [9.17, 15) is 24.4 Å². The molecule has 5 N–H and O–H groups in total. The molecule has 0 aliphatic heterocycles. The number of amides is 3. The van der Waals surface area contributed by atoms with Gasteiger partial charge < -0.3 is 26.0 Å². The van der Waals surface area contributed by atoms with Crippen molar-refractivity contribution in [3.8, 4) is 6.07 Å². The van der Waals surface area contributed by atoms with Crippen molar-refractivity contribution in [2.45, 2.75) is 51.5 Å². The fourth-order valence-corrected chi connectivity index (χ4v) is 3.57. The SMILES string of the molecule is CC(C)/C=C(\C#N)C(=O)NCCCC[C@H](NC(=O)c1cnccn1)C(=O)N[C@@H](Cc1ccccc1)B(O)O. The lowest BCUT2D eigenvalue weighted by Crippen LogP contribution is -2.54. The third-order valence-corrected chi connectivity index (χ3v) is 5.47. The smallest absolute Gasteiger partial charge is 0.426 e. The van der Waals surface area contributed by atoms with Gasteiger partial charge in [-0.2, -0.15) is 5.26 Å². The average Bonchev–Trinajstić information content (AvgIpc) is 2.91. The van der Waals surface area contributed by atoms with Crippen LogP contribution in [0.15, 0.2) is 60.6 Å². The van der Waals surface area contributed by atoms with Crippen LogP contribution in [0.3, 0.4) is 0 Å². The predicted molar refractivity (Wildman–Crippen MR) is 141 cm³/mol. The van der Waals surface area contributed by atoms with Crippen LogP contribution in [-0.4, -0.2) is 63.4 Å². The van der Waals surface area contributed by atoms with Crippen molar-refractivity contribution in [1.82, 2.24) is 25.9 Å². The van der Waals surface area contributed by atoms with Crippen LogP contribution < -0.4 is 16.0 Å². The molecule has 1 aromatic heterocycles. The molecule has 200 valence electrons. The van der Waals surface area contributed by atoms with Gasteiger partial charge in [0.15, 0.2) is 0 Å². The van der Waals surface area contributed by atoms with Crippen LogP contribution in [0.1, 0.15) is 49.2 Å². The van der Waals surface area contributed by atoms with Gasteiger partial charge in [0, 0.05) is 18.9 Å². The van der Waals surface area contributed by atoms with E-state index in [1.807, 2.05) is 26.0 Å². The van der Waals surface area contributed by atoms with Crippen LogP contribution in [0.25, 0.3) is 0 Å². The van der Waals surface area contributed by atoms with E-state index in [-0.39, 0.29) is 36.6 Å². The van der Waals surface area contributed by atoms with E-state index in [1.54, 1.807) is 30.3 Å². The van der Waals surface area contributed by atoms with Crippen LogP contribution in [0, 0.1) is 17.2 Å². The minimum Gasteiger partial charge on any atom is -0.426 e. The average molecular weight is 520 g/mol. The van der Waals surface area contributed by atoms with Gasteiger partial charge in [0.2, 0.25) is 5.91 Å². The molecule has 0 aliphatic rings. The summed E-state index contributed by atoms with van der Waals surface area (Å²) in [6, 6.07) is 9.92. The summed E-state index contributed by atoms with van der Waals surface area (Å²) in [5, 5.41) is 36.8. The Labute approximate surface area is 222 Å². The number of aromatic nitrogens is 2. The van der Waals surface area contributed by atoms with Gasteiger partial charge in [-0.25, -0.2) is 4.98 Å². The van der Waals surface area contributed by atoms with E-state index in [1.165, 1.54) is 18.6 Å². The maximum atomic E-state index is 13.1. The molecule has 38 heavy (non-hydrogen) atoms. The number of nitriles is 1. The van der Waals surface area contributed by atoms with Crippen molar-refractivity contribution in [2.75, 3.05) is 6.54 Å². The van der Waals surface area contributed by atoms with Crippen LogP contribution >= 0.6 is 0 Å². The Morgan fingerprint density at radius 3 is 2.45 bits per heavy atom. The Morgan fingerprint density at radius 2 is 1.84 bits per heavy atom. The van der Waals surface area contributed by atoms with Gasteiger partial charge in [0.25, 0.3) is 11.8 Å². The summed E-state index contributed by atoms with van der Waals surface area (Å²) < 4.78 is 0. The van der Waals surface area contributed by atoms with E-state index in [4.69, 9.17) is 5.26 Å². The van der Waals surface area contributed by atoms with Gasteiger partial charge >= 0.3 is 7.12 Å². The zero-order chi connectivity index (χ0) is 27.9. The number of allylic oxidation sites excluding steroid dienone is 1. The summed E-state index contributed by atoms with van der Waals surface area (Å²) in [5.41, 5.74) is 0.868. The van der Waals surface area contributed by atoms with Crippen molar-refractivity contribution >= 4 is 24.8 Å². The highest BCUT2D eigenvalue weighted by Gasteiger charge is 2.29. The molecule has 0 spiro atoms. The van der Waals surface area contributed by atoms with Crippen LogP contribution in [0.5, 0.6) is 0 Å². The largest absolute Gasteiger partial charge is 0.475 e. The molecule has 12 heteroatoms. The Hall–Kier alpha value is -4.08. The number of benzene rings is 1. The molecule has 1 aromatic carbocycles. The Kier molecular flexibility index (Phi) is 12.6. The molecule has 1 heterocycles. The second-order valence-electron chi connectivity index (χ2n) is 9.02. The third-order valence-electron chi connectivity index (χ3n) is 5.47. The first-order valence-corrected chi connectivity index (χ1v) is 12.4.